The van der Waals surface area contributed by atoms with Crippen molar-refractivity contribution in [1.82, 2.24) is 0 Å². The van der Waals surface area contributed by atoms with Gasteiger partial charge in [0.1, 0.15) is 12.2 Å². The molecule has 0 amide bonds. The van der Waals surface area contributed by atoms with Crippen LogP contribution in [0.5, 0.6) is 0 Å². The molecule has 9 atom stereocenters. The van der Waals surface area contributed by atoms with E-state index in [1.54, 1.807) is 12.2 Å². The predicted molar refractivity (Wildman–Crippen MR) is 150 cm³/mol. The second-order valence-corrected chi connectivity index (χ2v) is 11.6. The maximum absolute atomic E-state index is 12.9. The molecule has 4 heterocycles. The molecule has 1 N–H and O–H groups in total. The van der Waals surface area contributed by atoms with Gasteiger partial charge < -0.3 is 28.8 Å². The number of aliphatic hydroxyl groups is 1. The number of rotatable bonds is 4. The fourth-order valence-electron chi connectivity index (χ4n) is 5.75. The average molecular weight is 557 g/mol. The van der Waals surface area contributed by atoms with E-state index in [1.165, 1.54) is 18.6 Å². The molecule has 1 saturated heterocycles. The third-order valence-electron chi connectivity index (χ3n) is 7.72. The lowest BCUT2D eigenvalue weighted by Gasteiger charge is -2.28. The Morgan fingerprint density at radius 3 is 2.77 bits per heavy atom. The monoisotopic (exact) mass is 556 g/mol. The molecule has 0 aromatic heterocycles. The quantitative estimate of drug-likeness (QED) is 0.303. The molecule has 4 aliphatic heterocycles. The number of carbonyl (C=O) groups is 2. The highest BCUT2D eigenvalue weighted by atomic mass is 16.6. The zero-order valence-corrected chi connectivity index (χ0v) is 23.9. The zero-order valence-electron chi connectivity index (χ0n) is 23.9. The number of aliphatic hydroxyl groups excluding tert-OH is 1. The summed E-state index contributed by atoms with van der Waals surface area (Å²) in [6.45, 7) is 10.3. The van der Waals surface area contributed by atoms with E-state index in [2.05, 4.69) is 19.6 Å². The van der Waals surface area contributed by atoms with Gasteiger partial charge in [-0.05, 0) is 57.4 Å². The van der Waals surface area contributed by atoms with Crippen LogP contribution in [0.2, 0.25) is 0 Å². The lowest BCUT2D eigenvalue weighted by Crippen LogP contribution is -2.35. The van der Waals surface area contributed by atoms with E-state index in [0.29, 0.717) is 25.4 Å². The van der Waals surface area contributed by atoms with E-state index in [9.17, 15) is 14.7 Å². The number of fused-ring (bicyclic) bond motifs is 3. The van der Waals surface area contributed by atoms with Crippen molar-refractivity contribution in [3.63, 3.8) is 0 Å². The Morgan fingerprint density at radius 2 is 2.00 bits per heavy atom. The van der Waals surface area contributed by atoms with E-state index in [-0.39, 0.29) is 30.8 Å². The standard InChI is InChI=1S/C32H44O8/c1-20-13-14-36-25(16-20)11-12-28(37-23(4)33)29-19-30-32(40-30)27(34)18-22(3)15-21(2)17-26-9-5-7-24(38-26)8-6-10-31(35)39-29/h5-7,10-13,21,24-30,32,34H,3,8-9,14-19H2,1-2,4H3/b10-6-,12-11+/t21-,24-,25?,26-,27-,28-,29-,30?,32?/m0/s1. The first-order chi connectivity index (χ1) is 19.2. The number of cyclic esters (lactones) is 1. The molecule has 3 unspecified atom stereocenters. The topological polar surface area (TPSA) is 104 Å². The van der Waals surface area contributed by atoms with Crippen molar-refractivity contribution in [2.75, 3.05) is 6.61 Å². The van der Waals surface area contributed by atoms with Gasteiger partial charge >= 0.3 is 11.9 Å². The third-order valence-corrected chi connectivity index (χ3v) is 7.72. The SMILES string of the molecule is C=C1C[C@H](C)C[C@@H]2CC=C[C@@H](C/C=C\C(=O)O[C@H]([C@H](/C=C/C3CC(C)=CCO3)OC(C)=O)CC3OC3[C@@H](O)C1)O2. The Bertz CT molecular complexity index is 1030. The van der Waals surface area contributed by atoms with Crippen molar-refractivity contribution in [1.29, 1.82) is 0 Å². The number of hydrogen-bond acceptors (Lipinski definition) is 8. The maximum atomic E-state index is 12.9. The minimum atomic E-state index is -0.835. The number of carbonyl (C=O) groups excluding carboxylic acids is 2. The third kappa shape index (κ3) is 9.54. The Morgan fingerprint density at radius 1 is 1.18 bits per heavy atom. The molecule has 40 heavy (non-hydrogen) atoms. The first-order valence-electron chi connectivity index (χ1n) is 14.5. The Kier molecular flexibility index (Phi) is 11.0. The highest BCUT2D eigenvalue weighted by molar-refractivity contribution is 5.82. The maximum Gasteiger partial charge on any atom is 0.330 e. The van der Waals surface area contributed by atoms with Crippen LogP contribution in [0.4, 0.5) is 0 Å². The summed E-state index contributed by atoms with van der Waals surface area (Å²) in [6.07, 6.45) is 14.2. The van der Waals surface area contributed by atoms with Gasteiger partial charge in [0.05, 0.1) is 37.1 Å². The molecule has 0 saturated carbocycles. The lowest BCUT2D eigenvalue weighted by atomic mass is 9.91. The summed E-state index contributed by atoms with van der Waals surface area (Å²) in [5.74, 6) is -0.665. The van der Waals surface area contributed by atoms with Crippen LogP contribution in [0.25, 0.3) is 0 Å². The summed E-state index contributed by atoms with van der Waals surface area (Å²) in [4.78, 5) is 24.9. The fraction of sp³-hybridized carbons (Fsp3) is 0.625. The Hall–Kier alpha value is -2.52. The smallest absolute Gasteiger partial charge is 0.330 e. The van der Waals surface area contributed by atoms with Gasteiger partial charge in [-0.2, -0.15) is 0 Å². The second-order valence-electron chi connectivity index (χ2n) is 11.6. The van der Waals surface area contributed by atoms with Crippen LogP contribution in [-0.4, -0.2) is 72.5 Å². The molecule has 4 rings (SSSR count). The fourth-order valence-corrected chi connectivity index (χ4v) is 5.75. The van der Waals surface area contributed by atoms with E-state index in [0.717, 1.165) is 31.3 Å². The molecule has 0 aromatic carbocycles. The van der Waals surface area contributed by atoms with Crippen molar-refractivity contribution < 1.29 is 38.4 Å². The molecular weight excluding hydrogens is 512 g/mol. The van der Waals surface area contributed by atoms with Crippen molar-refractivity contribution >= 4 is 11.9 Å². The average Bonchev–Trinajstić information content (AvgIpc) is 3.65. The zero-order chi connectivity index (χ0) is 28.6. The Balaban J connectivity index is 1.52. The van der Waals surface area contributed by atoms with Crippen molar-refractivity contribution in [3.05, 3.63) is 60.3 Å². The predicted octanol–water partition coefficient (Wildman–Crippen LogP) is 4.68. The number of epoxide rings is 1. The first kappa shape index (κ1) is 30.4. The van der Waals surface area contributed by atoms with Gasteiger partial charge in [-0.1, -0.05) is 55.0 Å². The molecule has 0 aliphatic carbocycles. The van der Waals surface area contributed by atoms with Crippen LogP contribution in [0.1, 0.15) is 65.7 Å². The van der Waals surface area contributed by atoms with Crippen molar-refractivity contribution in [2.24, 2.45) is 5.92 Å². The normalized spacial score (nSPS) is 37.4. The summed E-state index contributed by atoms with van der Waals surface area (Å²) >= 11 is 0. The van der Waals surface area contributed by atoms with E-state index < -0.39 is 36.4 Å². The summed E-state index contributed by atoms with van der Waals surface area (Å²) < 4.78 is 29.3. The van der Waals surface area contributed by atoms with Gasteiger partial charge in [0.15, 0.2) is 6.10 Å². The molecule has 2 bridgehead atoms. The summed E-state index contributed by atoms with van der Waals surface area (Å²) in [5.41, 5.74) is 2.20. The van der Waals surface area contributed by atoms with E-state index >= 15 is 0 Å². The first-order valence-corrected chi connectivity index (χ1v) is 14.5. The number of esters is 2. The van der Waals surface area contributed by atoms with Crippen LogP contribution in [0.3, 0.4) is 0 Å². The number of hydrogen-bond donors (Lipinski definition) is 1. The van der Waals surface area contributed by atoms with Crippen LogP contribution in [0.15, 0.2) is 60.3 Å². The molecular formula is C32H44O8. The Labute approximate surface area is 237 Å². The minimum Gasteiger partial charge on any atom is -0.455 e. The highest BCUT2D eigenvalue weighted by Crippen LogP contribution is 2.35. The molecule has 0 aromatic rings. The lowest BCUT2D eigenvalue weighted by molar-refractivity contribution is -0.160. The van der Waals surface area contributed by atoms with Gasteiger partial charge in [-0.15, -0.1) is 0 Å². The van der Waals surface area contributed by atoms with E-state index in [4.69, 9.17) is 23.7 Å². The van der Waals surface area contributed by atoms with Gasteiger partial charge in [0.25, 0.3) is 0 Å². The van der Waals surface area contributed by atoms with Crippen LogP contribution in [0, 0.1) is 5.92 Å². The molecule has 0 spiro atoms. The second kappa shape index (κ2) is 14.4. The van der Waals surface area contributed by atoms with Crippen LogP contribution < -0.4 is 0 Å². The van der Waals surface area contributed by atoms with Crippen LogP contribution >= 0.6 is 0 Å². The van der Waals surface area contributed by atoms with Crippen LogP contribution in [-0.2, 0) is 33.3 Å². The number of ether oxygens (including phenoxy) is 5. The van der Waals surface area contributed by atoms with Crippen molar-refractivity contribution in [3.8, 4) is 0 Å². The highest BCUT2D eigenvalue weighted by Gasteiger charge is 2.47. The summed E-state index contributed by atoms with van der Waals surface area (Å²) in [6, 6.07) is 0. The van der Waals surface area contributed by atoms with E-state index in [1.807, 2.05) is 25.2 Å². The minimum absolute atomic E-state index is 0.103. The molecule has 0 radical (unpaired) electrons. The van der Waals surface area contributed by atoms with Crippen molar-refractivity contribution in [2.45, 2.75) is 115 Å². The largest absolute Gasteiger partial charge is 0.455 e. The molecule has 4 aliphatic rings. The van der Waals surface area contributed by atoms with Gasteiger partial charge in [0.2, 0.25) is 0 Å². The summed E-state index contributed by atoms with van der Waals surface area (Å²) in [7, 11) is 0. The molecule has 1 fully saturated rings. The molecule has 8 nitrogen and oxygen atoms in total. The van der Waals surface area contributed by atoms with Gasteiger partial charge in [0, 0.05) is 19.4 Å². The summed E-state index contributed by atoms with van der Waals surface area (Å²) in [5, 5.41) is 10.9. The van der Waals surface area contributed by atoms with Gasteiger partial charge in [-0.3, -0.25) is 4.79 Å². The van der Waals surface area contributed by atoms with Gasteiger partial charge in [-0.25, -0.2) is 4.79 Å². The molecule has 8 heteroatoms. The molecule has 220 valence electrons.